The number of methoxy groups -OCH3 is 1. The van der Waals surface area contributed by atoms with Crippen LogP contribution >= 0.6 is 0 Å². The Hall–Kier alpha value is -1.76. The van der Waals surface area contributed by atoms with Crippen LogP contribution in [0.5, 0.6) is 0 Å². The highest BCUT2D eigenvalue weighted by molar-refractivity contribution is 5.71. The van der Waals surface area contributed by atoms with Gasteiger partial charge in [-0.15, -0.1) is 5.53 Å². The SMILES string of the molecule is COC(=O)CC[C@@H](CC(=O)OC(C)(C)C)N1NNC(C2CC(CC(C)(C)C)C2)=C1C1CC1. The van der Waals surface area contributed by atoms with Crippen LogP contribution in [0.2, 0.25) is 0 Å². The first-order valence-corrected chi connectivity index (χ1v) is 12.2. The second-order valence-corrected chi connectivity index (χ2v) is 12.0. The average Bonchev–Trinajstić information content (AvgIpc) is 3.37. The van der Waals surface area contributed by atoms with Crippen LogP contribution in [0, 0.1) is 23.2 Å². The third kappa shape index (κ3) is 6.87. The molecule has 0 saturated heterocycles. The molecular weight excluding hydrogens is 406 g/mol. The molecule has 2 N–H and O–H groups in total. The molecule has 1 aliphatic heterocycles. The monoisotopic (exact) mass is 449 g/mol. The molecule has 2 fully saturated rings. The van der Waals surface area contributed by atoms with Crippen molar-refractivity contribution in [2.45, 2.75) is 105 Å². The van der Waals surface area contributed by atoms with E-state index < -0.39 is 5.60 Å². The first-order valence-electron chi connectivity index (χ1n) is 12.2. The molecule has 1 atom stereocenters. The Bertz CT molecular complexity index is 724. The minimum Gasteiger partial charge on any atom is -0.469 e. The van der Waals surface area contributed by atoms with Gasteiger partial charge >= 0.3 is 11.9 Å². The van der Waals surface area contributed by atoms with Gasteiger partial charge in [0.2, 0.25) is 0 Å². The molecule has 3 aliphatic rings. The average molecular weight is 450 g/mol. The lowest BCUT2D eigenvalue weighted by molar-refractivity contribution is -0.157. The Balaban J connectivity index is 1.73. The van der Waals surface area contributed by atoms with E-state index in [4.69, 9.17) is 9.47 Å². The summed E-state index contributed by atoms with van der Waals surface area (Å²) in [6.07, 6.45) is 7.05. The number of carbonyl (C=O) groups excluding carboxylic acids is 2. The summed E-state index contributed by atoms with van der Waals surface area (Å²) in [5.74, 6) is 1.34. The normalized spacial score (nSPS) is 24.7. The topological polar surface area (TPSA) is 79.9 Å². The van der Waals surface area contributed by atoms with E-state index in [0.717, 1.165) is 5.92 Å². The van der Waals surface area contributed by atoms with Gasteiger partial charge in [0.25, 0.3) is 0 Å². The molecule has 182 valence electrons. The van der Waals surface area contributed by atoms with E-state index in [2.05, 4.69) is 36.7 Å². The maximum atomic E-state index is 12.7. The first-order chi connectivity index (χ1) is 14.9. The Morgan fingerprint density at radius 3 is 2.25 bits per heavy atom. The van der Waals surface area contributed by atoms with Gasteiger partial charge in [-0.2, -0.15) is 0 Å². The van der Waals surface area contributed by atoms with E-state index in [1.54, 1.807) is 0 Å². The highest BCUT2D eigenvalue weighted by Crippen LogP contribution is 2.49. The van der Waals surface area contributed by atoms with E-state index in [-0.39, 0.29) is 30.8 Å². The summed E-state index contributed by atoms with van der Waals surface area (Å²) in [7, 11) is 1.40. The summed E-state index contributed by atoms with van der Waals surface area (Å²) in [5.41, 5.74) is 9.23. The number of allylic oxidation sites excluding steroid dienone is 2. The number of nitrogens with zero attached hydrogens (tertiary/aromatic N) is 1. The number of carbonyl (C=O) groups is 2. The molecule has 0 aromatic heterocycles. The summed E-state index contributed by atoms with van der Waals surface area (Å²) < 4.78 is 10.4. The van der Waals surface area contributed by atoms with Gasteiger partial charge in [-0.1, -0.05) is 20.8 Å². The van der Waals surface area contributed by atoms with E-state index in [9.17, 15) is 9.59 Å². The summed E-state index contributed by atoms with van der Waals surface area (Å²) in [6.45, 7) is 12.6. The largest absolute Gasteiger partial charge is 0.469 e. The molecule has 2 saturated carbocycles. The molecule has 0 bridgehead atoms. The molecule has 7 nitrogen and oxygen atoms in total. The van der Waals surface area contributed by atoms with Crippen molar-refractivity contribution in [1.29, 1.82) is 0 Å². The zero-order valence-electron chi connectivity index (χ0n) is 21.0. The number of hydrogen-bond acceptors (Lipinski definition) is 7. The van der Waals surface area contributed by atoms with Crippen LogP contribution in [-0.2, 0) is 19.1 Å². The van der Waals surface area contributed by atoms with Crippen molar-refractivity contribution >= 4 is 11.9 Å². The standard InChI is InChI=1S/C25H43N3O4/c1-24(2,3)15-16-12-18(13-16)22-23(17-8-9-17)28(27-26-22)19(10-11-20(29)31-7)14-21(30)32-25(4,5)6/h16-19,26-27H,8-15H2,1-7H3/t16?,18?,19-/m0/s1. The smallest absolute Gasteiger partial charge is 0.308 e. The van der Waals surface area contributed by atoms with Crippen molar-refractivity contribution in [2.24, 2.45) is 23.2 Å². The molecule has 1 heterocycles. The Kier molecular flexibility index (Phi) is 7.48. The molecule has 32 heavy (non-hydrogen) atoms. The molecule has 0 aromatic rings. The summed E-state index contributed by atoms with van der Waals surface area (Å²) in [5, 5.41) is 2.12. The van der Waals surface area contributed by atoms with E-state index in [0.29, 0.717) is 23.7 Å². The van der Waals surface area contributed by atoms with Gasteiger partial charge < -0.3 is 14.9 Å². The molecule has 0 amide bonds. The minimum absolute atomic E-state index is 0.171. The van der Waals surface area contributed by atoms with Crippen LogP contribution in [0.1, 0.15) is 92.9 Å². The lowest BCUT2D eigenvalue weighted by Gasteiger charge is -2.39. The number of nitrogens with one attached hydrogen (secondary N) is 2. The maximum absolute atomic E-state index is 12.7. The van der Waals surface area contributed by atoms with E-state index in [1.165, 1.54) is 50.6 Å². The van der Waals surface area contributed by atoms with Gasteiger partial charge in [0.15, 0.2) is 0 Å². The number of esters is 2. The van der Waals surface area contributed by atoms with Crippen molar-refractivity contribution < 1.29 is 19.1 Å². The van der Waals surface area contributed by atoms with Crippen LogP contribution in [0.3, 0.4) is 0 Å². The van der Waals surface area contributed by atoms with Crippen molar-refractivity contribution in [3.8, 4) is 0 Å². The highest BCUT2D eigenvalue weighted by atomic mass is 16.6. The maximum Gasteiger partial charge on any atom is 0.308 e. The van der Waals surface area contributed by atoms with Gasteiger partial charge in [-0.25, -0.2) is 0 Å². The number of ether oxygens (including phenoxy) is 2. The van der Waals surface area contributed by atoms with Gasteiger partial charge in [-0.3, -0.25) is 14.6 Å². The van der Waals surface area contributed by atoms with Crippen LogP contribution in [0.25, 0.3) is 0 Å². The van der Waals surface area contributed by atoms with Gasteiger partial charge in [0.05, 0.1) is 31.0 Å². The van der Waals surface area contributed by atoms with Crippen molar-refractivity contribution in [3.05, 3.63) is 11.4 Å². The lowest BCUT2D eigenvalue weighted by atomic mass is 9.67. The number of hydrogen-bond donors (Lipinski definition) is 2. The second kappa shape index (κ2) is 9.62. The number of rotatable bonds is 9. The van der Waals surface area contributed by atoms with Crippen molar-refractivity contribution in [3.63, 3.8) is 0 Å². The minimum atomic E-state index is -0.533. The van der Waals surface area contributed by atoms with Crippen molar-refractivity contribution in [2.75, 3.05) is 7.11 Å². The predicted molar refractivity (Wildman–Crippen MR) is 124 cm³/mol. The third-order valence-electron chi connectivity index (χ3n) is 6.45. The molecule has 0 aromatic carbocycles. The van der Waals surface area contributed by atoms with E-state index in [1.807, 2.05) is 20.8 Å². The fourth-order valence-corrected chi connectivity index (χ4v) is 5.04. The quantitative estimate of drug-likeness (QED) is 0.504. The highest BCUT2D eigenvalue weighted by Gasteiger charge is 2.44. The van der Waals surface area contributed by atoms with Crippen LogP contribution in [0.15, 0.2) is 11.4 Å². The van der Waals surface area contributed by atoms with Gasteiger partial charge in [-0.05, 0) is 70.6 Å². The fourth-order valence-electron chi connectivity index (χ4n) is 5.04. The summed E-state index contributed by atoms with van der Waals surface area (Å²) in [6, 6.07) is -0.171. The fraction of sp³-hybridized carbons (Fsp3) is 0.840. The van der Waals surface area contributed by atoms with E-state index >= 15 is 0 Å². The zero-order chi connectivity index (χ0) is 23.7. The first kappa shape index (κ1) is 24.9. The molecule has 0 spiro atoms. The molecule has 0 unspecified atom stereocenters. The molecule has 2 aliphatic carbocycles. The molecule has 3 rings (SSSR count). The lowest BCUT2D eigenvalue weighted by Crippen LogP contribution is -2.47. The third-order valence-corrected chi connectivity index (χ3v) is 6.45. The van der Waals surface area contributed by atoms with Crippen LogP contribution in [-0.4, -0.2) is 35.7 Å². The van der Waals surface area contributed by atoms with Gasteiger partial charge in [0, 0.05) is 18.3 Å². The summed E-state index contributed by atoms with van der Waals surface area (Å²) >= 11 is 0. The molecule has 0 radical (unpaired) electrons. The van der Waals surface area contributed by atoms with Gasteiger partial charge in [0.1, 0.15) is 5.60 Å². The zero-order valence-corrected chi connectivity index (χ0v) is 21.0. The Labute approximate surface area is 193 Å². The Morgan fingerprint density at radius 2 is 1.72 bits per heavy atom. The summed E-state index contributed by atoms with van der Waals surface area (Å²) in [4.78, 5) is 24.5. The van der Waals surface area contributed by atoms with Crippen LogP contribution in [0.4, 0.5) is 0 Å². The predicted octanol–water partition coefficient (Wildman–Crippen LogP) is 4.45. The van der Waals surface area contributed by atoms with Crippen LogP contribution < -0.4 is 11.0 Å². The Morgan fingerprint density at radius 1 is 1.06 bits per heavy atom. The van der Waals surface area contributed by atoms with Crippen molar-refractivity contribution in [1.82, 2.24) is 16.0 Å². The molecular formula is C25H43N3O4. The second-order valence-electron chi connectivity index (χ2n) is 12.0. The number of hydrazine groups is 2. The molecule has 7 heteroatoms.